The van der Waals surface area contributed by atoms with Crippen LogP contribution in [0.3, 0.4) is 0 Å². The molecule has 1 unspecified atom stereocenters. The van der Waals surface area contributed by atoms with Gasteiger partial charge in [-0.05, 0) is 21.5 Å². The molecule has 5 heteroatoms. The largest absolute Gasteiger partial charge is 0.307 e. The maximum atomic E-state index is 13.6. The van der Waals surface area contributed by atoms with E-state index in [0.29, 0.717) is 10.6 Å². The van der Waals surface area contributed by atoms with Crippen molar-refractivity contribution in [3.05, 3.63) is 95.4 Å². The minimum atomic E-state index is -3.42. The lowest BCUT2D eigenvalue weighted by Gasteiger charge is -2.17. The Bertz CT molecular complexity index is 904. The van der Waals surface area contributed by atoms with Gasteiger partial charge in [0, 0.05) is 15.5 Å². The molecular weight excluding hydrogens is 305 g/mol. The predicted molar refractivity (Wildman–Crippen MR) is 94.3 cm³/mol. The molecule has 0 aliphatic carbocycles. The summed E-state index contributed by atoms with van der Waals surface area (Å²) in [7, 11) is -3.42. The van der Waals surface area contributed by atoms with E-state index in [9.17, 15) is 4.57 Å². The molecule has 0 bridgehead atoms. The number of rotatable bonds is 4. The molecule has 0 heterocycles. The van der Waals surface area contributed by atoms with Gasteiger partial charge in [-0.15, -0.1) is 0 Å². The molecule has 3 aromatic carbocycles. The Hall–Kier alpha value is -2.80. The Morgan fingerprint density at radius 1 is 0.783 bits per heavy atom. The molecule has 0 fully saturated rings. The van der Waals surface area contributed by atoms with Crippen LogP contribution in [0.15, 0.2) is 89.8 Å². The van der Waals surface area contributed by atoms with E-state index in [1.807, 2.05) is 54.6 Å². The molecule has 0 aliphatic heterocycles. The fourth-order valence-electron chi connectivity index (χ4n) is 2.53. The number of hydrogen-bond acceptors (Lipinski definition) is 1. The minimum absolute atomic E-state index is 0.529. The highest BCUT2D eigenvalue weighted by molar-refractivity contribution is 7.77. The minimum Gasteiger partial charge on any atom is -0.307 e. The van der Waals surface area contributed by atoms with Crippen LogP contribution in [0.2, 0.25) is 0 Å². The van der Waals surface area contributed by atoms with Crippen LogP contribution in [-0.4, -0.2) is 0 Å². The molecule has 0 aromatic heterocycles. The van der Waals surface area contributed by atoms with Crippen molar-refractivity contribution in [1.82, 2.24) is 0 Å². The summed E-state index contributed by atoms with van der Waals surface area (Å²) in [5.74, 6) is 0. The monoisotopic (exact) mass is 319 g/mol. The molecule has 0 radical (unpaired) electrons. The van der Waals surface area contributed by atoms with Crippen molar-refractivity contribution in [2.75, 3.05) is 0 Å². The average molecular weight is 319 g/mol. The van der Waals surface area contributed by atoms with Crippen LogP contribution < -0.4 is 10.6 Å². The summed E-state index contributed by atoms with van der Waals surface area (Å²) < 4.78 is 13.6. The molecule has 3 aromatic rings. The summed E-state index contributed by atoms with van der Waals surface area (Å²) in [5, 5.41) is 1.08. The Kier molecular flexibility index (Phi) is 4.29. The molecule has 1 atom stereocenters. The first kappa shape index (κ1) is 15.1. The zero-order chi connectivity index (χ0) is 16.1. The summed E-state index contributed by atoms with van der Waals surface area (Å²) in [6.45, 7) is 0. The molecule has 0 spiro atoms. The van der Waals surface area contributed by atoms with Gasteiger partial charge in [0.05, 0.1) is 0 Å². The molecule has 112 valence electrons. The first-order valence-electron chi connectivity index (χ1n) is 7.13. The van der Waals surface area contributed by atoms with Gasteiger partial charge in [-0.1, -0.05) is 84.9 Å². The number of nitrogens with zero attached hydrogens (tertiary/aromatic N) is 3. The van der Waals surface area contributed by atoms with Crippen molar-refractivity contribution in [2.45, 2.75) is 0 Å². The summed E-state index contributed by atoms with van der Waals surface area (Å²) in [6, 6.07) is 25.9. The van der Waals surface area contributed by atoms with Crippen LogP contribution in [0.5, 0.6) is 0 Å². The SMILES string of the molecule is [N-]=[N+]=NP(=O)(c1ccccc1)c1ccccc1-c1ccccc1. The first-order valence-corrected chi connectivity index (χ1v) is 8.79. The van der Waals surface area contributed by atoms with Crippen molar-refractivity contribution in [2.24, 2.45) is 4.88 Å². The van der Waals surface area contributed by atoms with Gasteiger partial charge in [-0.2, -0.15) is 0 Å². The second-order valence-electron chi connectivity index (χ2n) is 4.97. The van der Waals surface area contributed by atoms with Crippen LogP contribution in [0.25, 0.3) is 21.6 Å². The molecule has 0 aliphatic rings. The van der Waals surface area contributed by atoms with E-state index in [1.165, 1.54) is 0 Å². The number of hydrogen-bond donors (Lipinski definition) is 0. The Balaban J connectivity index is 2.28. The quantitative estimate of drug-likeness (QED) is 0.292. The zero-order valence-electron chi connectivity index (χ0n) is 12.3. The third kappa shape index (κ3) is 2.91. The second kappa shape index (κ2) is 6.53. The third-order valence-electron chi connectivity index (χ3n) is 3.59. The third-order valence-corrected chi connectivity index (χ3v) is 5.96. The topological polar surface area (TPSA) is 65.8 Å². The summed E-state index contributed by atoms with van der Waals surface area (Å²) in [6.07, 6.45) is 0. The van der Waals surface area contributed by atoms with Crippen LogP contribution in [0.1, 0.15) is 0 Å². The molecule has 0 N–H and O–H groups in total. The van der Waals surface area contributed by atoms with Crippen LogP contribution in [-0.2, 0) is 4.57 Å². The van der Waals surface area contributed by atoms with Gasteiger partial charge in [-0.25, -0.2) is 0 Å². The summed E-state index contributed by atoms with van der Waals surface area (Å²) in [4.78, 5) is 6.58. The molecule has 3 rings (SSSR count). The highest BCUT2D eigenvalue weighted by Gasteiger charge is 2.28. The van der Waals surface area contributed by atoms with Gasteiger partial charge in [0.2, 0.25) is 7.29 Å². The Labute approximate surface area is 134 Å². The second-order valence-corrected chi connectivity index (χ2v) is 7.30. The van der Waals surface area contributed by atoms with E-state index in [0.717, 1.165) is 11.1 Å². The summed E-state index contributed by atoms with van der Waals surface area (Å²) >= 11 is 0. The fraction of sp³-hybridized carbons (Fsp3) is 0. The van der Waals surface area contributed by atoms with Crippen molar-refractivity contribution in [3.8, 4) is 11.1 Å². The van der Waals surface area contributed by atoms with Gasteiger partial charge in [0.15, 0.2) is 0 Å². The van der Waals surface area contributed by atoms with E-state index in [-0.39, 0.29) is 0 Å². The highest BCUT2D eigenvalue weighted by atomic mass is 31.2. The fourth-order valence-corrected chi connectivity index (χ4v) is 4.51. The van der Waals surface area contributed by atoms with E-state index in [1.54, 1.807) is 30.3 Å². The molecule has 23 heavy (non-hydrogen) atoms. The van der Waals surface area contributed by atoms with Crippen molar-refractivity contribution in [3.63, 3.8) is 0 Å². The smallest absolute Gasteiger partial charge is 0.229 e. The van der Waals surface area contributed by atoms with Gasteiger partial charge in [0.1, 0.15) is 0 Å². The van der Waals surface area contributed by atoms with Crippen molar-refractivity contribution < 1.29 is 4.57 Å². The lowest BCUT2D eigenvalue weighted by molar-refractivity contribution is 0.588. The molecule has 0 amide bonds. The van der Waals surface area contributed by atoms with Crippen molar-refractivity contribution >= 4 is 17.9 Å². The summed E-state index contributed by atoms with van der Waals surface area (Å²) in [5.41, 5.74) is 10.7. The molecule has 4 nitrogen and oxygen atoms in total. The number of benzene rings is 3. The van der Waals surface area contributed by atoms with Crippen molar-refractivity contribution in [1.29, 1.82) is 0 Å². The Morgan fingerprint density at radius 2 is 1.35 bits per heavy atom. The first-order chi connectivity index (χ1) is 11.3. The van der Waals surface area contributed by atoms with E-state index in [2.05, 4.69) is 9.80 Å². The lowest BCUT2D eigenvalue weighted by atomic mass is 10.1. The molecular formula is C18H14N3OP. The maximum Gasteiger partial charge on any atom is 0.229 e. The maximum absolute atomic E-state index is 13.6. The van der Waals surface area contributed by atoms with E-state index >= 15 is 0 Å². The zero-order valence-corrected chi connectivity index (χ0v) is 13.2. The van der Waals surface area contributed by atoms with E-state index in [4.69, 9.17) is 5.53 Å². The highest BCUT2D eigenvalue weighted by Crippen LogP contribution is 2.47. The van der Waals surface area contributed by atoms with E-state index < -0.39 is 7.29 Å². The standard InChI is InChI=1S/C18H14N3OP/c19-20-21-23(22,16-11-5-2-6-12-16)18-14-8-7-13-17(18)15-9-3-1-4-10-15/h1-14H. The van der Waals surface area contributed by atoms with Gasteiger partial charge in [-0.3, -0.25) is 0 Å². The molecule has 0 saturated carbocycles. The van der Waals surface area contributed by atoms with Crippen LogP contribution >= 0.6 is 7.29 Å². The lowest BCUT2D eigenvalue weighted by Crippen LogP contribution is -2.16. The van der Waals surface area contributed by atoms with Crippen LogP contribution in [0, 0.1) is 0 Å². The van der Waals surface area contributed by atoms with Crippen LogP contribution in [0.4, 0.5) is 0 Å². The Morgan fingerprint density at radius 3 is 2.00 bits per heavy atom. The molecule has 0 saturated heterocycles. The van der Waals surface area contributed by atoms with Gasteiger partial charge in [0.25, 0.3) is 0 Å². The predicted octanol–water partition coefficient (Wildman–Crippen LogP) is 4.89. The van der Waals surface area contributed by atoms with Gasteiger partial charge < -0.3 is 4.57 Å². The average Bonchev–Trinajstić information content (AvgIpc) is 2.63. The number of azide groups is 1. The normalized spacial score (nSPS) is 12.9. The van der Waals surface area contributed by atoms with Gasteiger partial charge >= 0.3 is 0 Å².